The Morgan fingerprint density at radius 2 is 1.74 bits per heavy atom. The van der Waals surface area contributed by atoms with Crippen LogP contribution in [0.4, 0.5) is 0 Å². The molecule has 0 saturated heterocycles. The van der Waals surface area contributed by atoms with E-state index in [9.17, 15) is 0 Å². The molecule has 0 radical (unpaired) electrons. The lowest BCUT2D eigenvalue weighted by molar-refractivity contribution is 0.413. The fraction of sp³-hybridized carbons (Fsp3) is 0.647. The Hall–Kier alpha value is -1.02. The fourth-order valence-electron chi connectivity index (χ4n) is 2.38. The third kappa shape index (κ3) is 6.11. The Balaban J connectivity index is 2.33. The standard InChI is InChI=1S/C17H29NO/c1-5-6-7-8-9-14(2)18-15(3)16-10-12-17(19-4)13-11-16/h10-15,18H,5-9H2,1-4H3/t14?,15-/m0/s1. The summed E-state index contributed by atoms with van der Waals surface area (Å²) in [6.07, 6.45) is 6.63. The predicted octanol–water partition coefficient (Wildman–Crippen LogP) is 4.70. The first kappa shape index (κ1) is 16.0. The number of hydrogen-bond donors (Lipinski definition) is 1. The van der Waals surface area contributed by atoms with E-state index in [1.807, 2.05) is 12.1 Å². The van der Waals surface area contributed by atoms with Crippen molar-refractivity contribution in [2.24, 2.45) is 0 Å². The monoisotopic (exact) mass is 263 g/mol. The van der Waals surface area contributed by atoms with Crippen LogP contribution >= 0.6 is 0 Å². The van der Waals surface area contributed by atoms with Crippen molar-refractivity contribution in [3.05, 3.63) is 29.8 Å². The lowest BCUT2D eigenvalue weighted by Gasteiger charge is -2.20. The van der Waals surface area contributed by atoms with Crippen LogP contribution in [-0.4, -0.2) is 13.2 Å². The summed E-state index contributed by atoms with van der Waals surface area (Å²) in [5.41, 5.74) is 1.32. The van der Waals surface area contributed by atoms with E-state index in [-0.39, 0.29) is 0 Å². The molecule has 0 spiro atoms. The van der Waals surface area contributed by atoms with Gasteiger partial charge < -0.3 is 10.1 Å². The molecule has 19 heavy (non-hydrogen) atoms. The second-order valence-electron chi connectivity index (χ2n) is 5.41. The number of nitrogens with one attached hydrogen (secondary N) is 1. The van der Waals surface area contributed by atoms with Crippen LogP contribution in [0.3, 0.4) is 0 Å². The third-order valence-corrected chi connectivity index (χ3v) is 3.64. The zero-order chi connectivity index (χ0) is 14.1. The molecule has 2 nitrogen and oxygen atoms in total. The van der Waals surface area contributed by atoms with Gasteiger partial charge in [-0.25, -0.2) is 0 Å². The highest BCUT2D eigenvalue weighted by Gasteiger charge is 2.09. The maximum atomic E-state index is 5.19. The van der Waals surface area contributed by atoms with E-state index in [0.717, 1.165) is 5.75 Å². The first-order chi connectivity index (χ1) is 9.17. The highest BCUT2D eigenvalue weighted by atomic mass is 16.5. The quantitative estimate of drug-likeness (QED) is 0.652. The summed E-state index contributed by atoms with van der Waals surface area (Å²) in [5, 5.41) is 3.67. The van der Waals surface area contributed by atoms with Gasteiger partial charge in [-0.15, -0.1) is 0 Å². The number of ether oxygens (including phenoxy) is 1. The molecule has 1 rings (SSSR count). The first-order valence-electron chi connectivity index (χ1n) is 7.57. The van der Waals surface area contributed by atoms with Crippen LogP contribution in [-0.2, 0) is 0 Å². The topological polar surface area (TPSA) is 21.3 Å². The number of hydrogen-bond acceptors (Lipinski definition) is 2. The predicted molar refractivity (Wildman–Crippen MR) is 82.8 cm³/mol. The number of unbranched alkanes of at least 4 members (excludes halogenated alkanes) is 3. The molecule has 0 heterocycles. The Morgan fingerprint density at radius 3 is 2.32 bits per heavy atom. The van der Waals surface area contributed by atoms with Gasteiger partial charge in [-0.1, -0.05) is 44.7 Å². The normalized spacial score (nSPS) is 14.1. The van der Waals surface area contributed by atoms with Crippen molar-refractivity contribution in [1.82, 2.24) is 5.32 Å². The van der Waals surface area contributed by atoms with Crippen LogP contribution in [0, 0.1) is 0 Å². The maximum absolute atomic E-state index is 5.19. The molecule has 0 aliphatic heterocycles. The molecule has 1 unspecified atom stereocenters. The minimum atomic E-state index is 0.395. The van der Waals surface area contributed by atoms with Crippen LogP contribution in [0.1, 0.15) is 64.5 Å². The second kappa shape index (κ2) is 8.98. The van der Waals surface area contributed by atoms with Gasteiger partial charge in [-0.2, -0.15) is 0 Å². The molecule has 1 aromatic rings. The molecule has 2 atom stereocenters. The molecule has 1 aromatic carbocycles. The molecule has 0 aromatic heterocycles. The summed E-state index contributed by atoms with van der Waals surface area (Å²) in [6.45, 7) is 6.77. The average molecular weight is 263 g/mol. The highest BCUT2D eigenvalue weighted by Crippen LogP contribution is 2.18. The molecule has 2 heteroatoms. The van der Waals surface area contributed by atoms with Gasteiger partial charge in [0.2, 0.25) is 0 Å². The third-order valence-electron chi connectivity index (χ3n) is 3.64. The Kier molecular flexibility index (Phi) is 7.57. The van der Waals surface area contributed by atoms with Crippen LogP contribution in [0.15, 0.2) is 24.3 Å². The number of benzene rings is 1. The van der Waals surface area contributed by atoms with E-state index in [1.165, 1.54) is 37.7 Å². The smallest absolute Gasteiger partial charge is 0.118 e. The van der Waals surface area contributed by atoms with Crippen LogP contribution < -0.4 is 10.1 Å². The fourth-order valence-corrected chi connectivity index (χ4v) is 2.38. The van der Waals surface area contributed by atoms with Crippen molar-refractivity contribution in [1.29, 1.82) is 0 Å². The molecule has 0 aliphatic carbocycles. The van der Waals surface area contributed by atoms with Crippen LogP contribution in [0.5, 0.6) is 5.75 Å². The molecule has 0 amide bonds. The van der Waals surface area contributed by atoms with Gasteiger partial charge in [0.15, 0.2) is 0 Å². The van der Waals surface area contributed by atoms with Crippen LogP contribution in [0.25, 0.3) is 0 Å². The van der Waals surface area contributed by atoms with E-state index >= 15 is 0 Å². The van der Waals surface area contributed by atoms with Gasteiger partial charge in [0.25, 0.3) is 0 Å². The zero-order valence-corrected chi connectivity index (χ0v) is 12.9. The van der Waals surface area contributed by atoms with E-state index in [4.69, 9.17) is 4.74 Å². The van der Waals surface area contributed by atoms with Gasteiger partial charge in [-0.3, -0.25) is 0 Å². The first-order valence-corrected chi connectivity index (χ1v) is 7.57. The van der Waals surface area contributed by atoms with Crippen molar-refractivity contribution >= 4 is 0 Å². The molecule has 0 saturated carbocycles. The lowest BCUT2D eigenvalue weighted by atomic mass is 10.0. The summed E-state index contributed by atoms with van der Waals surface area (Å²) in [6, 6.07) is 9.31. The molecule has 108 valence electrons. The van der Waals surface area contributed by atoms with Crippen molar-refractivity contribution in [2.75, 3.05) is 7.11 Å². The molecule has 0 bridgehead atoms. The highest BCUT2D eigenvalue weighted by molar-refractivity contribution is 5.28. The summed E-state index contributed by atoms with van der Waals surface area (Å²) in [4.78, 5) is 0. The Bertz CT molecular complexity index is 334. The van der Waals surface area contributed by atoms with E-state index in [0.29, 0.717) is 12.1 Å². The summed E-state index contributed by atoms with van der Waals surface area (Å²) >= 11 is 0. The summed E-state index contributed by atoms with van der Waals surface area (Å²) < 4.78 is 5.19. The van der Waals surface area contributed by atoms with Gasteiger partial charge in [-0.05, 0) is 38.0 Å². The van der Waals surface area contributed by atoms with Crippen molar-refractivity contribution in [3.63, 3.8) is 0 Å². The zero-order valence-electron chi connectivity index (χ0n) is 12.9. The van der Waals surface area contributed by atoms with Gasteiger partial charge in [0.05, 0.1) is 7.11 Å². The van der Waals surface area contributed by atoms with E-state index in [1.54, 1.807) is 7.11 Å². The van der Waals surface area contributed by atoms with E-state index in [2.05, 4.69) is 38.2 Å². The minimum absolute atomic E-state index is 0.395. The Labute approximate surface area is 118 Å². The SMILES string of the molecule is CCCCCCC(C)N[C@@H](C)c1ccc(OC)cc1. The Morgan fingerprint density at radius 1 is 1.05 bits per heavy atom. The van der Waals surface area contributed by atoms with Crippen LogP contribution in [0.2, 0.25) is 0 Å². The van der Waals surface area contributed by atoms with Gasteiger partial charge >= 0.3 is 0 Å². The van der Waals surface area contributed by atoms with Gasteiger partial charge in [0, 0.05) is 12.1 Å². The molecule has 0 fully saturated rings. The number of methoxy groups -OCH3 is 1. The summed E-state index contributed by atoms with van der Waals surface area (Å²) in [7, 11) is 1.70. The van der Waals surface area contributed by atoms with Crippen molar-refractivity contribution < 1.29 is 4.74 Å². The second-order valence-corrected chi connectivity index (χ2v) is 5.41. The van der Waals surface area contributed by atoms with Gasteiger partial charge in [0.1, 0.15) is 5.75 Å². The molecule has 0 aliphatic rings. The van der Waals surface area contributed by atoms with Crippen molar-refractivity contribution in [2.45, 2.75) is 65.0 Å². The van der Waals surface area contributed by atoms with Crippen molar-refractivity contribution in [3.8, 4) is 5.75 Å². The van der Waals surface area contributed by atoms with E-state index < -0.39 is 0 Å². The number of rotatable bonds is 9. The molecular formula is C17H29NO. The maximum Gasteiger partial charge on any atom is 0.118 e. The molecular weight excluding hydrogens is 234 g/mol. The molecule has 1 N–H and O–H groups in total. The lowest BCUT2D eigenvalue weighted by Crippen LogP contribution is -2.28. The summed E-state index contributed by atoms with van der Waals surface area (Å²) in [5.74, 6) is 0.920. The minimum Gasteiger partial charge on any atom is -0.497 e. The average Bonchev–Trinajstić information content (AvgIpc) is 2.43. The largest absolute Gasteiger partial charge is 0.497 e.